The first kappa shape index (κ1) is 21.8. The molecule has 0 saturated heterocycles. The number of nitrogens with zero attached hydrogens (tertiary/aromatic N) is 2. The highest BCUT2D eigenvalue weighted by molar-refractivity contribution is 5.82. The Balaban J connectivity index is 2.12. The van der Waals surface area contributed by atoms with E-state index < -0.39 is 11.6 Å². The number of nitriles is 1. The van der Waals surface area contributed by atoms with Crippen LogP contribution in [0.5, 0.6) is 17.2 Å². The van der Waals surface area contributed by atoms with Crippen LogP contribution in [0.2, 0.25) is 0 Å². The van der Waals surface area contributed by atoms with E-state index in [9.17, 15) is 10.1 Å². The van der Waals surface area contributed by atoms with Gasteiger partial charge in [-0.25, -0.2) is 0 Å². The van der Waals surface area contributed by atoms with Crippen LogP contribution in [0.15, 0.2) is 12.1 Å². The van der Waals surface area contributed by atoms with Crippen LogP contribution in [0.25, 0.3) is 0 Å². The van der Waals surface area contributed by atoms with Crippen molar-refractivity contribution in [3.05, 3.63) is 17.7 Å². The number of carbonyl (C=O) groups excluding carboxylic acids is 1. The molecule has 0 bridgehead atoms. The number of rotatable bonds is 8. The van der Waals surface area contributed by atoms with Gasteiger partial charge in [-0.15, -0.1) is 0 Å². The molecule has 7 heteroatoms. The minimum absolute atomic E-state index is 0.134. The van der Waals surface area contributed by atoms with Gasteiger partial charge in [0.2, 0.25) is 11.7 Å². The van der Waals surface area contributed by atoms with E-state index in [1.807, 2.05) is 31.0 Å². The Morgan fingerprint density at radius 2 is 1.82 bits per heavy atom. The summed E-state index contributed by atoms with van der Waals surface area (Å²) in [5, 5.41) is 12.6. The van der Waals surface area contributed by atoms with Crippen molar-refractivity contribution in [3.8, 4) is 23.3 Å². The van der Waals surface area contributed by atoms with Crippen molar-refractivity contribution >= 4 is 5.91 Å². The maximum atomic E-state index is 12.8. The van der Waals surface area contributed by atoms with Crippen molar-refractivity contribution in [1.82, 2.24) is 10.2 Å². The van der Waals surface area contributed by atoms with Crippen molar-refractivity contribution in [2.75, 3.05) is 28.4 Å². The Kier molecular flexibility index (Phi) is 7.53. The number of ether oxygens (including phenoxy) is 3. The van der Waals surface area contributed by atoms with Gasteiger partial charge in [-0.2, -0.15) is 5.26 Å². The summed E-state index contributed by atoms with van der Waals surface area (Å²) in [6.45, 7) is 2.33. The van der Waals surface area contributed by atoms with Crippen molar-refractivity contribution in [1.29, 1.82) is 5.26 Å². The zero-order valence-corrected chi connectivity index (χ0v) is 17.5. The highest BCUT2D eigenvalue weighted by Crippen LogP contribution is 2.40. The van der Waals surface area contributed by atoms with E-state index in [0.29, 0.717) is 23.8 Å². The second-order valence-electron chi connectivity index (χ2n) is 7.33. The Labute approximate surface area is 167 Å². The summed E-state index contributed by atoms with van der Waals surface area (Å²) in [6, 6.07) is 5.66. The molecule has 0 unspecified atom stereocenters. The largest absolute Gasteiger partial charge is 0.493 e. The number of nitrogens with one attached hydrogen (secondary N) is 1. The second-order valence-corrected chi connectivity index (χ2v) is 7.33. The molecular weight excluding hydrogens is 358 g/mol. The number of methoxy groups -OCH3 is 3. The van der Waals surface area contributed by atoms with Gasteiger partial charge in [-0.1, -0.05) is 25.3 Å². The lowest BCUT2D eigenvalue weighted by molar-refractivity contribution is -0.127. The highest BCUT2D eigenvalue weighted by Gasteiger charge is 2.35. The molecule has 1 saturated carbocycles. The lowest BCUT2D eigenvalue weighted by Crippen LogP contribution is -2.54. The zero-order valence-electron chi connectivity index (χ0n) is 17.5. The van der Waals surface area contributed by atoms with Crippen LogP contribution in [-0.4, -0.2) is 50.8 Å². The van der Waals surface area contributed by atoms with Crippen LogP contribution in [0.4, 0.5) is 0 Å². The fourth-order valence-corrected chi connectivity index (χ4v) is 3.65. The van der Waals surface area contributed by atoms with Gasteiger partial charge < -0.3 is 19.5 Å². The summed E-state index contributed by atoms with van der Waals surface area (Å²) in [7, 11) is 6.60. The zero-order chi connectivity index (χ0) is 20.7. The summed E-state index contributed by atoms with van der Waals surface area (Å²) >= 11 is 0. The van der Waals surface area contributed by atoms with Crippen LogP contribution < -0.4 is 19.5 Å². The summed E-state index contributed by atoms with van der Waals surface area (Å²) in [5.41, 5.74) is 0.154. The summed E-state index contributed by atoms with van der Waals surface area (Å²) in [5.74, 6) is 1.57. The van der Waals surface area contributed by atoms with E-state index in [1.165, 1.54) is 0 Å². The molecule has 0 radical (unpaired) electrons. The second kappa shape index (κ2) is 9.65. The minimum Gasteiger partial charge on any atom is -0.493 e. The van der Waals surface area contributed by atoms with E-state index >= 15 is 0 Å². The summed E-state index contributed by atoms with van der Waals surface area (Å²) in [4.78, 5) is 14.7. The van der Waals surface area contributed by atoms with Crippen LogP contribution in [0.3, 0.4) is 0 Å². The average Bonchev–Trinajstić information content (AvgIpc) is 2.73. The Morgan fingerprint density at radius 1 is 1.18 bits per heavy atom. The van der Waals surface area contributed by atoms with Crippen molar-refractivity contribution in [2.45, 2.75) is 57.2 Å². The maximum absolute atomic E-state index is 12.8. The predicted octanol–water partition coefficient (Wildman–Crippen LogP) is 2.88. The first-order chi connectivity index (χ1) is 13.4. The maximum Gasteiger partial charge on any atom is 0.238 e. The third-order valence-electron chi connectivity index (χ3n) is 5.53. The molecule has 154 valence electrons. The van der Waals surface area contributed by atoms with E-state index in [4.69, 9.17) is 14.2 Å². The van der Waals surface area contributed by atoms with Crippen LogP contribution >= 0.6 is 0 Å². The third-order valence-corrected chi connectivity index (χ3v) is 5.53. The fraction of sp³-hybridized carbons (Fsp3) is 0.619. The number of hydrogen-bond acceptors (Lipinski definition) is 6. The van der Waals surface area contributed by atoms with Gasteiger partial charge in [0, 0.05) is 12.1 Å². The molecule has 28 heavy (non-hydrogen) atoms. The Morgan fingerprint density at radius 3 is 2.36 bits per heavy atom. The normalized spacial score (nSPS) is 16.8. The molecule has 1 aromatic carbocycles. The van der Waals surface area contributed by atoms with Gasteiger partial charge in [0.25, 0.3) is 0 Å². The molecule has 1 aliphatic carbocycles. The van der Waals surface area contributed by atoms with Gasteiger partial charge in [0.15, 0.2) is 11.5 Å². The van der Waals surface area contributed by atoms with Crippen molar-refractivity contribution < 1.29 is 19.0 Å². The van der Waals surface area contributed by atoms with Gasteiger partial charge in [0.05, 0.1) is 33.4 Å². The first-order valence-electron chi connectivity index (χ1n) is 9.62. The van der Waals surface area contributed by atoms with Crippen molar-refractivity contribution in [2.24, 2.45) is 0 Å². The first-order valence-corrected chi connectivity index (χ1v) is 9.62. The number of carbonyl (C=O) groups is 1. The highest BCUT2D eigenvalue weighted by atomic mass is 16.5. The van der Waals surface area contributed by atoms with Gasteiger partial charge >= 0.3 is 0 Å². The van der Waals surface area contributed by atoms with E-state index in [2.05, 4.69) is 11.4 Å². The SMILES string of the molecule is COc1ccc(CN(C)[C@@H](C)C(=O)NC2(C#N)CCCCC2)c(OC)c1OC. The quantitative estimate of drug-likeness (QED) is 0.736. The van der Waals surface area contributed by atoms with Gasteiger partial charge in [0.1, 0.15) is 5.54 Å². The predicted molar refractivity (Wildman–Crippen MR) is 107 cm³/mol. The number of hydrogen-bond donors (Lipinski definition) is 1. The molecule has 0 aromatic heterocycles. The third kappa shape index (κ3) is 4.68. The van der Waals surface area contributed by atoms with Crippen LogP contribution in [0.1, 0.15) is 44.6 Å². The Hall–Kier alpha value is -2.46. The molecule has 0 spiro atoms. The molecule has 0 heterocycles. The Bertz CT molecular complexity index is 723. The van der Waals surface area contributed by atoms with Gasteiger partial charge in [-0.05, 0) is 32.9 Å². The summed E-state index contributed by atoms with van der Waals surface area (Å²) < 4.78 is 16.3. The molecular formula is C21H31N3O4. The topological polar surface area (TPSA) is 83.8 Å². The monoisotopic (exact) mass is 389 g/mol. The molecule has 1 N–H and O–H groups in total. The van der Waals surface area contributed by atoms with Crippen molar-refractivity contribution in [3.63, 3.8) is 0 Å². The van der Waals surface area contributed by atoms with E-state index in [1.54, 1.807) is 21.3 Å². The number of benzene rings is 1. The molecule has 1 atom stereocenters. The van der Waals surface area contributed by atoms with E-state index in [0.717, 1.165) is 37.7 Å². The molecule has 1 aromatic rings. The van der Waals surface area contributed by atoms with Crippen LogP contribution in [-0.2, 0) is 11.3 Å². The number of amides is 1. The molecule has 0 aliphatic heterocycles. The molecule has 1 fully saturated rings. The number of likely N-dealkylation sites (N-methyl/N-ethyl adjacent to an activating group) is 1. The molecule has 1 amide bonds. The standard InChI is InChI=1S/C21H31N3O4/c1-15(20(25)23-21(14-22)11-7-6-8-12-21)24(2)13-16-9-10-17(26-3)19(28-5)18(16)27-4/h9-10,15H,6-8,11-13H2,1-5H3,(H,23,25)/t15-/m0/s1. The van der Waals surface area contributed by atoms with Crippen LogP contribution in [0, 0.1) is 11.3 Å². The lowest BCUT2D eigenvalue weighted by Gasteiger charge is -2.34. The fourth-order valence-electron chi connectivity index (χ4n) is 3.65. The van der Waals surface area contributed by atoms with E-state index in [-0.39, 0.29) is 5.91 Å². The lowest BCUT2D eigenvalue weighted by atomic mass is 9.82. The summed E-state index contributed by atoms with van der Waals surface area (Å²) in [6.07, 6.45) is 4.50. The molecule has 1 aliphatic rings. The minimum atomic E-state index is -0.731. The average molecular weight is 389 g/mol. The van der Waals surface area contributed by atoms with Gasteiger partial charge in [-0.3, -0.25) is 9.69 Å². The molecule has 2 rings (SSSR count). The molecule has 7 nitrogen and oxygen atoms in total. The smallest absolute Gasteiger partial charge is 0.238 e.